The lowest BCUT2D eigenvalue weighted by atomic mass is 10.0. The highest BCUT2D eigenvalue weighted by Crippen LogP contribution is 2.41. The SMILES string of the molecule is CCOc1c(Cl)cc([C@@H]2Nc3ccccc3C(=O)N2C[C@H]2CCCO2)cc1OC. The van der Waals surface area contributed by atoms with E-state index in [1.807, 2.05) is 48.2 Å². The van der Waals surface area contributed by atoms with Crippen LogP contribution in [0.5, 0.6) is 11.5 Å². The van der Waals surface area contributed by atoms with Crippen molar-refractivity contribution < 1.29 is 19.0 Å². The molecule has 6 nitrogen and oxygen atoms in total. The molecule has 2 aromatic rings. The number of para-hydroxylation sites is 1. The molecule has 0 unspecified atom stereocenters. The highest BCUT2D eigenvalue weighted by atomic mass is 35.5. The van der Waals surface area contributed by atoms with Crippen molar-refractivity contribution in [1.29, 1.82) is 0 Å². The molecule has 29 heavy (non-hydrogen) atoms. The molecule has 2 atom stereocenters. The fourth-order valence-electron chi connectivity index (χ4n) is 3.93. The highest BCUT2D eigenvalue weighted by Gasteiger charge is 2.36. The van der Waals surface area contributed by atoms with Crippen molar-refractivity contribution >= 4 is 23.2 Å². The summed E-state index contributed by atoms with van der Waals surface area (Å²) >= 11 is 6.51. The van der Waals surface area contributed by atoms with Crippen LogP contribution >= 0.6 is 11.6 Å². The molecule has 1 saturated heterocycles. The second-order valence-corrected chi connectivity index (χ2v) is 7.56. The maximum Gasteiger partial charge on any atom is 0.257 e. The summed E-state index contributed by atoms with van der Waals surface area (Å²) in [7, 11) is 1.58. The van der Waals surface area contributed by atoms with E-state index in [4.69, 9.17) is 25.8 Å². The summed E-state index contributed by atoms with van der Waals surface area (Å²) in [4.78, 5) is 15.2. The molecule has 1 fully saturated rings. The van der Waals surface area contributed by atoms with Crippen molar-refractivity contribution in [2.75, 3.05) is 32.2 Å². The van der Waals surface area contributed by atoms with Crippen molar-refractivity contribution in [1.82, 2.24) is 4.90 Å². The summed E-state index contributed by atoms with van der Waals surface area (Å²) in [5, 5.41) is 3.94. The molecule has 0 bridgehead atoms. The Morgan fingerprint density at radius 3 is 2.86 bits per heavy atom. The Kier molecular flexibility index (Phi) is 5.83. The molecule has 7 heteroatoms. The zero-order valence-corrected chi connectivity index (χ0v) is 17.4. The molecule has 2 heterocycles. The molecule has 0 spiro atoms. The first-order valence-electron chi connectivity index (χ1n) is 9.90. The second kappa shape index (κ2) is 8.51. The Labute approximate surface area is 175 Å². The molecule has 1 amide bonds. The first-order chi connectivity index (χ1) is 14.1. The lowest BCUT2D eigenvalue weighted by Crippen LogP contribution is -2.46. The molecule has 1 N–H and O–H groups in total. The van der Waals surface area contributed by atoms with Crippen LogP contribution in [0.2, 0.25) is 5.02 Å². The summed E-state index contributed by atoms with van der Waals surface area (Å²) in [5.74, 6) is 1.02. The highest BCUT2D eigenvalue weighted by molar-refractivity contribution is 6.32. The minimum absolute atomic E-state index is 0.0242. The summed E-state index contributed by atoms with van der Waals surface area (Å²) < 4.78 is 16.9. The van der Waals surface area contributed by atoms with Crippen molar-refractivity contribution in [2.45, 2.75) is 32.0 Å². The van der Waals surface area contributed by atoms with Crippen LogP contribution in [0.1, 0.15) is 41.9 Å². The topological polar surface area (TPSA) is 60.0 Å². The van der Waals surface area contributed by atoms with Crippen LogP contribution in [0.4, 0.5) is 5.69 Å². The van der Waals surface area contributed by atoms with Gasteiger partial charge in [-0.15, -0.1) is 0 Å². The summed E-state index contributed by atoms with van der Waals surface area (Å²) in [5.41, 5.74) is 2.29. The van der Waals surface area contributed by atoms with Crippen LogP contribution in [-0.2, 0) is 4.74 Å². The second-order valence-electron chi connectivity index (χ2n) is 7.15. The molecule has 2 aliphatic heterocycles. The smallest absolute Gasteiger partial charge is 0.257 e. The third-order valence-corrected chi connectivity index (χ3v) is 5.58. The number of carbonyl (C=O) groups excluding carboxylic acids is 1. The number of amides is 1. The van der Waals surface area contributed by atoms with Gasteiger partial charge in [-0.05, 0) is 44.0 Å². The Hall–Kier alpha value is -2.44. The third kappa shape index (κ3) is 3.87. The predicted octanol–water partition coefficient (Wildman–Crippen LogP) is 4.49. The molecular weight excluding hydrogens is 392 g/mol. The Morgan fingerprint density at radius 1 is 1.31 bits per heavy atom. The molecule has 0 radical (unpaired) electrons. The number of benzene rings is 2. The van der Waals surface area contributed by atoms with Crippen molar-refractivity contribution in [2.24, 2.45) is 0 Å². The minimum atomic E-state index is -0.385. The normalized spacial score (nSPS) is 20.9. The summed E-state index contributed by atoms with van der Waals surface area (Å²) in [6, 6.07) is 11.2. The number of methoxy groups -OCH3 is 1. The van der Waals surface area contributed by atoms with Crippen LogP contribution in [0.25, 0.3) is 0 Å². The van der Waals surface area contributed by atoms with Gasteiger partial charge in [0.05, 0.1) is 30.4 Å². The van der Waals surface area contributed by atoms with Gasteiger partial charge < -0.3 is 24.4 Å². The van der Waals surface area contributed by atoms with Crippen molar-refractivity contribution in [3.63, 3.8) is 0 Å². The monoisotopic (exact) mass is 416 g/mol. The number of nitrogens with one attached hydrogen (secondary N) is 1. The number of anilines is 1. The quantitative estimate of drug-likeness (QED) is 0.751. The number of carbonyl (C=O) groups is 1. The van der Waals surface area contributed by atoms with Crippen LogP contribution in [-0.4, -0.2) is 43.8 Å². The number of nitrogens with zero attached hydrogens (tertiary/aromatic N) is 1. The average molecular weight is 417 g/mol. The molecule has 0 saturated carbocycles. The standard InChI is InChI=1S/C22H25ClN2O4/c1-3-28-20-17(23)11-14(12-19(20)27-2)21-24-18-9-5-4-8-16(18)22(26)25(21)13-15-7-6-10-29-15/h4-5,8-9,11-12,15,21,24H,3,6-7,10,13H2,1-2H3/t15-,21-/m1/s1. The third-order valence-electron chi connectivity index (χ3n) is 5.30. The first kappa shape index (κ1) is 19.9. The lowest BCUT2D eigenvalue weighted by molar-refractivity contribution is 0.0426. The fraction of sp³-hybridized carbons (Fsp3) is 0.409. The van der Waals surface area contributed by atoms with E-state index in [1.54, 1.807) is 7.11 Å². The zero-order valence-electron chi connectivity index (χ0n) is 16.6. The number of fused-ring (bicyclic) bond motifs is 1. The molecule has 0 aromatic heterocycles. The molecule has 2 aliphatic rings. The summed E-state index contributed by atoms with van der Waals surface area (Å²) in [6.45, 7) is 3.63. The van der Waals surface area contributed by atoms with Gasteiger partial charge in [-0.2, -0.15) is 0 Å². The molecule has 4 rings (SSSR count). The van der Waals surface area contributed by atoms with Gasteiger partial charge in [0.25, 0.3) is 5.91 Å². The lowest BCUT2D eigenvalue weighted by Gasteiger charge is -2.39. The van der Waals surface area contributed by atoms with Gasteiger partial charge in [0, 0.05) is 24.4 Å². The summed E-state index contributed by atoms with van der Waals surface area (Å²) in [6.07, 6.45) is 1.62. The van der Waals surface area contributed by atoms with E-state index >= 15 is 0 Å². The van der Waals surface area contributed by atoms with E-state index in [-0.39, 0.29) is 18.2 Å². The number of hydrogen-bond acceptors (Lipinski definition) is 5. The van der Waals surface area contributed by atoms with E-state index in [0.717, 1.165) is 30.7 Å². The molecule has 0 aliphatic carbocycles. The van der Waals surface area contributed by atoms with E-state index in [1.165, 1.54) is 0 Å². The van der Waals surface area contributed by atoms with Gasteiger partial charge in [0.1, 0.15) is 6.17 Å². The minimum Gasteiger partial charge on any atom is -0.493 e. The van der Waals surface area contributed by atoms with E-state index < -0.39 is 0 Å². The Morgan fingerprint density at radius 2 is 2.14 bits per heavy atom. The molecule has 154 valence electrons. The van der Waals surface area contributed by atoms with E-state index in [2.05, 4.69) is 5.32 Å². The number of rotatable bonds is 6. The predicted molar refractivity (Wildman–Crippen MR) is 112 cm³/mol. The Balaban J connectivity index is 1.74. The van der Waals surface area contributed by atoms with Gasteiger partial charge in [-0.25, -0.2) is 0 Å². The number of hydrogen-bond donors (Lipinski definition) is 1. The van der Waals surface area contributed by atoms with Crippen LogP contribution in [0.3, 0.4) is 0 Å². The molecule has 2 aromatic carbocycles. The number of halogens is 1. The van der Waals surface area contributed by atoms with Gasteiger partial charge in [0.15, 0.2) is 11.5 Å². The van der Waals surface area contributed by atoms with E-state index in [9.17, 15) is 4.79 Å². The van der Waals surface area contributed by atoms with Gasteiger partial charge in [-0.3, -0.25) is 4.79 Å². The average Bonchev–Trinajstić information content (AvgIpc) is 3.24. The fourth-order valence-corrected chi connectivity index (χ4v) is 4.21. The van der Waals surface area contributed by atoms with Gasteiger partial charge in [0.2, 0.25) is 0 Å². The van der Waals surface area contributed by atoms with Crippen LogP contribution in [0, 0.1) is 0 Å². The maximum atomic E-state index is 13.3. The maximum absolute atomic E-state index is 13.3. The van der Waals surface area contributed by atoms with Crippen molar-refractivity contribution in [3.05, 3.63) is 52.5 Å². The van der Waals surface area contributed by atoms with E-state index in [0.29, 0.717) is 35.2 Å². The first-order valence-corrected chi connectivity index (χ1v) is 10.3. The zero-order chi connectivity index (χ0) is 20.4. The van der Waals surface area contributed by atoms with Gasteiger partial charge >= 0.3 is 0 Å². The largest absolute Gasteiger partial charge is 0.493 e. The number of ether oxygens (including phenoxy) is 3. The Bertz CT molecular complexity index is 898. The van der Waals surface area contributed by atoms with Crippen molar-refractivity contribution in [3.8, 4) is 11.5 Å². The van der Waals surface area contributed by atoms with Crippen LogP contribution < -0.4 is 14.8 Å². The molecular formula is C22H25ClN2O4. The van der Waals surface area contributed by atoms with Gasteiger partial charge in [-0.1, -0.05) is 23.7 Å². The van der Waals surface area contributed by atoms with Crippen LogP contribution in [0.15, 0.2) is 36.4 Å².